The zero-order valence-corrected chi connectivity index (χ0v) is 13.4. The van der Waals surface area contributed by atoms with E-state index in [4.69, 9.17) is 23.2 Å². The lowest BCUT2D eigenvalue weighted by Gasteiger charge is -2.32. The smallest absolute Gasteiger partial charge is 0.0595 e. The molecule has 0 saturated carbocycles. The van der Waals surface area contributed by atoms with Gasteiger partial charge in [0.05, 0.1) is 10.0 Å². The molecule has 0 heterocycles. The number of aryl methyl sites for hydroxylation is 1. The third-order valence-corrected chi connectivity index (χ3v) is 4.95. The van der Waals surface area contributed by atoms with Crippen molar-refractivity contribution in [2.75, 3.05) is 7.05 Å². The number of fused-ring (bicyclic) bond motifs is 1. The first-order valence-electron chi connectivity index (χ1n) is 7.15. The van der Waals surface area contributed by atoms with Crippen LogP contribution in [0, 0.1) is 5.92 Å². The van der Waals surface area contributed by atoms with Crippen LogP contribution >= 0.6 is 23.2 Å². The number of hydrogen-bond donors (Lipinski definition) is 0. The van der Waals surface area contributed by atoms with Crippen molar-refractivity contribution in [2.45, 2.75) is 18.8 Å². The highest BCUT2D eigenvalue weighted by atomic mass is 35.5. The monoisotopic (exact) mass is 317 g/mol. The molecule has 1 nitrogen and oxygen atoms in total. The van der Waals surface area contributed by atoms with Crippen LogP contribution in [0.25, 0.3) is 0 Å². The van der Waals surface area contributed by atoms with E-state index in [1.54, 1.807) is 0 Å². The standard InChI is InChI=1S/C18H17Cl2N/c1-21-11-14-7-6-12-4-2-3-5-15(12)18(14)13-8-9-16(19)17(20)10-13/h2-5,8-11,14,18H,6-7H2,1H3/t14?,18-/m0/s1. The summed E-state index contributed by atoms with van der Waals surface area (Å²) in [6, 6.07) is 14.6. The van der Waals surface area contributed by atoms with Gasteiger partial charge < -0.3 is 4.99 Å². The molecule has 21 heavy (non-hydrogen) atoms. The second-order valence-electron chi connectivity index (χ2n) is 5.46. The average Bonchev–Trinajstić information content (AvgIpc) is 2.50. The van der Waals surface area contributed by atoms with E-state index >= 15 is 0 Å². The maximum absolute atomic E-state index is 6.22. The highest BCUT2D eigenvalue weighted by Crippen LogP contribution is 2.41. The van der Waals surface area contributed by atoms with Crippen LogP contribution in [0.1, 0.15) is 29.0 Å². The van der Waals surface area contributed by atoms with E-state index in [-0.39, 0.29) is 0 Å². The van der Waals surface area contributed by atoms with Crippen LogP contribution in [-0.2, 0) is 6.42 Å². The lowest BCUT2D eigenvalue weighted by molar-refractivity contribution is 0.529. The molecule has 108 valence electrons. The first-order chi connectivity index (χ1) is 10.2. The third kappa shape index (κ3) is 2.86. The van der Waals surface area contributed by atoms with Gasteiger partial charge in [-0.2, -0.15) is 0 Å². The summed E-state index contributed by atoms with van der Waals surface area (Å²) in [4.78, 5) is 4.26. The molecule has 0 bridgehead atoms. The van der Waals surface area contributed by atoms with Crippen molar-refractivity contribution in [3.63, 3.8) is 0 Å². The molecule has 0 aliphatic heterocycles. The summed E-state index contributed by atoms with van der Waals surface area (Å²) in [5, 5.41) is 1.22. The van der Waals surface area contributed by atoms with E-state index in [0.717, 1.165) is 12.8 Å². The summed E-state index contributed by atoms with van der Waals surface area (Å²) in [5.41, 5.74) is 4.02. The van der Waals surface area contributed by atoms with Crippen LogP contribution in [0.2, 0.25) is 10.0 Å². The van der Waals surface area contributed by atoms with Gasteiger partial charge in [-0.1, -0.05) is 53.5 Å². The molecule has 0 aromatic heterocycles. The maximum Gasteiger partial charge on any atom is 0.0595 e. The van der Waals surface area contributed by atoms with Crippen LogP contribution in [0.15, 0.2) is 47.5 Å². The second-order valence-corrected chi connectivity index (χ2v) is 6.27. The molecule has 0 amide bonds. The molecule has 0 radical (unpaired) electrons. The van der Waals surface area contributed by atoms with Gasteiger partial charge in [-0.15, -0.1) is 0 Å². The van der Waals surface area contributed by atoms with Gasteiger partial charge in [-0.25, -0.2) is 0 Å². The van der Waals surface area contributed by atoms with Crippen LogP contribution in [-0.4, -0.2) is 13.3 Å². The average molecular weight is 318 g/mol. The fraction of sp³-hybridized carbons (Fsp3) is 0.278. The minimum absolute atomic E-state index is 0.299. The van der Waals surface area contributed by atoms with Crippen molar-refractivity contribution in [1.29, 1.82) is 0 Å². The summed E-state index contributed by atoms with van der Waals surface area (Å²) >= 11 is 12.3. The van der Waals surface area contributed by atoms with Crippen molar-refractivity contribution in [1.82, 2.24) is 0 Å². The predicted molar refractivity (Wildman–Crippen MR) is 91.0 cm³/mol. The summed E-state index contributed by atoms with van der Waals surface area (Å²) in [5.74, 6) is 0.704. The Morgan fingerprint density at radius 1 is 1.10 bits per heavy atom. The molecule has 2 atom stereocenters. The predicted octanol–water partition coefficient (Wildman–Crippen LogP) is 5.39. The Bertz CT molecular complexity index is 679. The molecule has 1 aliphatic carbocycles. The summed E-state index contributed by atoms with van der Waals surface area (Å²) in [6.45, 7) is 0. The van der Waals surface area contributed by atoms with Crippen molar-refractivity contribution < 1.29 is 0 Å². The molecule has 0 N–H and O–H groups in total. The van der Waals surface area contributed by atoms with Gasteiger partial charge in [0.25, 0.3) is 0 Å². The fourth-order valence-electron chi connectivity index (χ4n) is 3.27. The molecule has 1 unspecified atom stereocenters. The summed E-state index contributed by atoms with van der Waals surface area (Å²) < 4.78 is 0. The van der Waals surface area contributed by atoms with Gasteiger partial charge >= 0.3 is 0 Å². The number of halogens is 2. The lowest BCUT2D eigenvalue weighted by Crippen LogP contribution is -2.23. The van der Waals surface area contributed by atoms with Crippen molar-refractivity contribution in [2.24, 2.45) is 10.9 Å². The lowest BCUT2D eigenvalue weighted by atomic mass is 9.72. The normalized spacial score (nSPS) is 21.5. The van der Waals surface area contributed by atoms with E-state index in [1.807, 2.05) is 19.2 Å². The molecule has 3 rings (SSSR count). The number of benzene rings is 2. The third-order valence-electron chi connectivity index (χ3n) is 4.21. The van der Waals surface area contributed by atoms with Crippen molar-refractivity contribution in [3.8, 4) is 0 Å². The molecule has 2 aromatic rings. The Morgan fingerprint density at radius 3 is 2.67 bits per heavy atom. The molecule has 2 aromatic carbocycles. The summed E-state index contributed by atoms with van der Waals surface area (Å²) in [7, 11) is 1.84. The molecular formula is C18H17Cl2N. The highest BCUT2D eigenvalue weighted by molar-refractivity contribution is 6.42. The van der Waals surface area contributed by atoms with Gasteiger partial charge in [0.15, 0.2) is 0 Å². The van der Waals surface area contributed by atoms with E-state index in [0.29, 0.717) is 21.9 Å². The topological polar surface area (TPSA) is 12.4 Å². The Labute approximate surface area is 135 Å². The zero-order chi connectivity index (χ0) is 14.8. The number of nitrogens with zero attached hydrogens (tertiary/aromatic N) is 1. The van der Waals surface area contributed by atoms with E-state index in [9.17, 15) is 0 Å². The number of aliphatic imine (C=N–C) groups is 1. The second kappa shape index (κ2) is 6.21. The maximum atomic E-state index is 6.22. The molecule has 1 aliphatic rings. The Balaban J connectivity index is 2.12. The largest absolute Gasteiger partial charge is 0.301 e. The van der Waals surface area contributed by atoms with Crippen molar-refractivity contribution in [3.05, 3.63) is 69.2 Å². The van der Waals surface area contributed by atoms with Gasteiger partial charge in [0.1, 0.15) is 0 Å². The minimum atomic E-state index is 0.299. The highest BCUT2D eigenvalue weighted by Gasteiger charge is 2.29. The van der Waals surface area contributed by atoms with Gasteiger partial charge in [-0.05, 0) is 41.7 Å². The van der Waals surface area contributed by atoms with Gasteiger partial charge in [-0.3, -0.25) is 0 Å². The SMILES string of the molecule is CN=CC1CCc2ccccc2[C@H]1c1ccc(Cl)c(Cl)c1. The first-order valence-corrected chi connectivity index (χ1v) is 7.91. The Morgan fingerprint density at radius 2 is 1.90 bits per heavy atom. The number of rotatable bonds is 2. The van der Waals surface area contributed by atoms with Crippen LogP contribution in [0.3, 0.4) is 0 Å². The van der Waals surface area contributed by atoms with Crippen LogP contribution in [0.4, 0.5) is 0 Å². The van der Waals surface area contributed by atoms with Gasteiger partial charge in [0, 0.05) is 25.1 Å². The first kappa shape index (κ1) is 14.6. The zero-order valence-electron chi connectivity index (χ0n) is 11.9. The van der Waals surface area contributed by atoms with Crippen LogP contribution in [0.5, 0.6) is 0 Å². The molecular weight excluding hydrogens is 301 g/mol. The quantitative estimate of drug-likeness (QED) is 0.659. The number of hydrogen-bond acceptors (Lipinski definition) is 1. The Hall–Kier alpha value is -1.31. The van der Waals surface area contributed by atoms with Crippen LogP contribution < -0.4 is 0 Å². The fourth-order valence-corrected chi connectivity index (χ4v) is 3.58. The molecule has 0 fully saturated rings. The van der Waals surface area contributed by atoms with E-state index in [1.165, 1.54) is 16.7 Å². The van der Waals surface area contributed by atoms with Gasteiger partial charge in [0.2, 0.25) is 0 Å². The summed E-state index contributed by atoms with van der Waals surface area (Å²) in [6.07, 6.45) is 4.28. The molecule has 0 saturated heterocycles. The van der Waals surface area contributed by atoms with Crippen molar-refractivity contribution >= 4 is 29.4 Å². The minimum Gasteiger partial charge on any atom is -0.301 e. The van der Waals surface area contributed by atoms with E-state index < -0.39 is 0 Å². The Kier molecular flexibility index (Phi) is 4.32. The van der Waals surface area contributed by atoms with E-state index in [2.05, 4.69) is 41.5 Å². The molecule has 3 heteroatoms. The molecule has 0 spiro atoms.